The minimum atomic E-state index is 0.220. The van der Waals surface area contributed by atoms with Crippen LogP contribution in [0.3, 0.4) is 0 Å². The zero-order valence-electron chi connectivity index (χ0n) is 8.50. The molecule has 2 unspecified atom stereocenters. The fraction of sp³-hybridized carbons (Fsp3) is 1.00. The van der Waals surface area contributed by atoms with Crippen LogP contribution in [0.2, 0.25) is 0 Å². The van der Waals surface area contributed by atoms with E-state index in [0.29, 0.717) is 12.1 Å². The van der Waals surface area contributed by atoms with Crippen LogP contribution in [-0.2, 0) is 4.74 Å². The highest BCUT2D eigenvalue weighted by Gasteiger charge is 2.32. The maximum atomic E-state index is 5.59. The Bertz CT molecular complexity index is 138. The lowest BCUT2D eigenvalue weighted by Gasteiger charge is -2.25. The zero-order valence-corrected chi connectivity index (χ0v) is 8.50. The van der Waals surface area contributed by atoms with Gasteiger partial charge in [-0.25, -0.2) is 0 Å². The first-order chi connectivity index (χ1) is 5.66. The summed E-state index contributed by atoms with van der Waals surface area (Å²) in [6.45, 7) is 10.5. The Morgan fingerprint density at radius 2 is 2.25 bits per heavy atom. The van der Waals surface area contributed by atoms with Crippen molar-refractivity contribution in [3.63, 3.8) is 0 Å². The van der Waals surface area contributed by atoms with E-state index >= 15 is 0 Å². The standard InChI is InChI=1S/C9H20N2O/c1-5-10-9-8(4)11(6-12-9)7(2)3/h7-10H,5-6H2,1-4H3. The Kier molecular flexibility index (Phi) is 3.50. The number of rotatable bonds is 3. The molecule has 3 heteroatoms. The average molecular weight is 172 g/mol. The minimum absolute atomic E-state index is 0.220. The van der Waals surface area contributed by atoms with Crippen LogP contribution >= 0.6 is 0 Å². The molecule has 1 N–H and O–H groups in total. The van der Waals surface area contributed by atoms with Crippen molar-refractivity contribution in [2.45, 2.75) is 46.0 Å². The van der Waals surface area contributed by atoms with Gasteiger partial charge >= 0.3 is 0 Å². The topological polar surface area (TPSA) is 24.5 Å². The van der Waals surface area contributed by atoms with Gasteiger partial charge in [0.25, 0.3) is 0 Å². The summed E-state index contributed by atoms with van der Waals surface area (Å²) in [7, 11) is 0. The number of likely N-dealkylation sites (N-methyl/N-ethyl adjacent to an activating group) is 1. The number of hydrogen-bond acceptors (Lipinski definition) is 3. The van der Waals surface area contributed by atoms with Gasteiger partial charge in [0.15, 0.2) is 0 Å². The monoisotopic (exact) mass is 172 g/mol. The Morgan fingerprint density at radius 3 is 2.67 bits per heavy atom. The number of nitrogens with zero attached hydrogens (tertiary/aromatic N) is 1. The van der Waals surface area contributed by atoms with Gasteiger partial charge in [-0.05, 0) is 27.3 Å². The highest BCUT2D eigenvalue weighted by atomic mass is 16.5. The first-order valence-corrected chi connectivity index (χ1v) is 4.77. The summed E-state index contributed by atoms with van der Waals surface area (Å²) in [5.41, 5.74) is 0. The quantitative estimate of drug-likeness (QED) is 0.687. The van der Waals surface area contributed by atoms with E-state index in [-0.39, 0.29) is 6.23 Å². The summed E-state index contributed by atoms with van der Waals surface area (Å²) >= 11 is 0. The van der Waals surface area contributed by atoms with Crippen LogP contribution in [0.4, 0.5) is 0 Å². The third-order valence-electron chi connectivity index (χ3n) is 2.43. The first-order valence-electron chi connectivity index (χ1n) is 4.77. The summed E-state index contributed by atoms with van der Waals surface area (Å²) in [5, 5.41) is 3.32. The maximum Gasteiger partial charge on any atom is 0.125 e. The van der Waals surface area contributed by atoms with Gasteiger partial charge in [-0.3, -0.25) is 10.2 Å². The first kappa shape index (κ1) is 9.96. The predicted molar refractivity (Wildman–Crippen MR) is 49.9 cm³/mol. The Hall–Kier alpha value is -0.120. The number of nitrogens with one attached hydrogen (secondary N) is 1. The predicted octanol–water partition coefficient (Wildman–Crippen LogP) is 1.01. The molecule has 12 heavy (non-hydrogen) atoms. The molecule has 0 aromatic carbocycles. The van der Waals surface area contributed by atoms with Crippen molar-refractivity contribution in [3.05, 3.63) is 0 Å². The van der Waals surface area contributed by atoms with E-state index in [9.17, 15) is 0 Å². The smallest absolute Gasteiger partial charge is 0.125 e. The third-order valence-corrected chi connectivity index (χ3v) is 2.43. The fourth-order valence-electron chi connectivity index (χ4n) is 1.65. The second kappa shape index (κ2) is 4.21. The van der Waals surface area contributed by atoms with Crippen LogP contribution in [0.1, 0.15) is 27.7 Å². The summed E-state index contributed by atoms with van der Waals surface area (Å²) in [6.07, 6.45) is 0.220. The molecule has 0 aliphatic carbocycles. The van der Waals surface area contributed by atoms with Crippen molar-refractivity contribution in [2.75, 3.05) is 13.3 Å². The maximum absolute atomic E-state index is 5.59. The summed E-state index contributed by atoms with van der Waals surface area (Å²) in [5.74, 6) is 0. The molecular formula is C9H20N2O. The highest BCUT2D eigenvalue weighted by Crippen LogP contribution is 2.17. The number of ether oxygens (including phenoxy) is 1. The molecule has 0 saturated carbocycles. The van der Waals surface area contributed by atoms with Crippen LogP contribution in [-0.4, -0.2) is 36.5 Å². The molecular weight excluding hydrogens is 152 g/mol. The van der Waals surface area contributed by atoms with Gasteiger partial charge in [0.05, 0.1) is 0 Å². The van der Waals surface area contributed by atoms with Gasteiger partial charge in [0.1, 0.15) is 13.0 Å². The van der Waals surface area contributed by atoms with Crippen molar-refractivity contribution in [3.8, 4) is 0 Å². The lowest BCUT2D eigenvalue weighted by Crippen LogP contribution is -2.43. The normalized spacial score (nSPS) is 31.8. The molecule has 1 aliphatic heterocycles. The van der Waals surface area contributed by atoms with Gasteiger partial charge in [0, 0.05) is 12.1 Å². The summed E-state index contributed by atoms with van der Waals surface area (Å²) in [6, 6.07) is 1.06. The van der Waals surface area contributed by atoms with E-state index in [2.05, 4.69) is 37.9 Å². The van der Waals surface area contributed by atoms with E-state index in [0.717, 1.165) is 13.3 Å². The van der Waals surface area contributed by atoms with Crippen LogP contribution in [0, 0.1) is 0 Å². The molecule has 1 rings (SSSR count). The van der Waals surface area contributed by atoms with Gasteiger partial charge < -0.3 is 4.74 Å². The fourth-order valence-corrected chi connectivity index (χ4v) is 1.65. The molecule has 0 aromatic rings. The second-order valence-corrected chi connectivity index (χ2v) is 3.62. The van der Waals surface area contributed by atoms with Crippen LogP contribution in [0.15, 0.2) is 0 Å². The Morgan fingerprint density at radius 1 is 1.58 bits per heavy atom. The summed E-state index contributed by atoms with van der Waals surface area (Å²) in [4.78, 5) is 2.35. The SMILES string of the molecule is CCNC1OCN(C(C)C)C1C. The van der Waals surface area contributed by atoms with Crippen LogP contribution < -0.4 is 5.32 Å². The molecule has 0 radical (unpaired) electrons. The third kappa shape index (κ3) is 1.97. The summed E-state index contributed by atoms with van der Waals surface area (Å²) < 4.78 is 5.59. The molecule has 1 saturated heterocycles. The van der Waals surface area contributed by atoms with Gasteiger partial charge in [-0.1, -0.05) is 6.92 Å². The van der Waals surface area contributed by atoms with Gasteiger partial charge in [-0.15, -0.1) is 0 Å². The highest BCUT2D eigenvalue weighted by molar-refractivity contribution is 4.80. The second-order valence-electron chi connectivity index (χ2n) is 3.62. The van der Waals surface area contributed by atoms with Crippen molar-refractivity contribution in [2.24, 2.45) is 0 Å². The van der Waals surface area contributed by atoms with E-state index in [1.165, 1.54) is 0 Å². The zero-order chi connectivity index (χ0) is 9.14. The number of hydrogen-bond donors (Lipinski definition) is 1. The largest absolute Gasteiger partial charge is 0.346 e. The van der Waals surface area contributed by atoms with Gasteiger partial charge in [-0.2, -0.15) is 0 Å². The molecule has 0 aromatic heterocycles. The average Bonchev–Trinajstić information content (AvgIpc) is 2.34. The van der Waals surface area contributed by atoms with Crippen molar-refractivity contribution in [1.29, 1.82) is 0 Å². The van der Waals surface area contributed by atoms with E-state index in [1.807, 2.05) is 0 Å². The molecule has 2 atom stereocenters. The molecule has 0 amide bonds. The van der Waals surface area contributed by atoms with E-state index in [1.54, 1.807) is 0 Å². The minimum Gasteiger partial charge on any atom is -0.346 e. The van der Waals surface area contributed by atoms with Crippen LogP contribution in [0.5, 0.6) is 0 Å². The Balaban J connectivity index is 2.43. The van der Waals surface area contributed by atoms with Crippen molar-refractivity contribution >= 4 is 0 Å². The van der Waals surface area contributed by atoms with Crippen LogP contribution in [0.25, 0.3) is 0 Å². The molecule has 1 heterocycles. The molecule has 0 spiro atoms. The molecule has 3 nitrogen and oxygen atoms in total. The van der Waals surface area contributed by atoms with Crippen molar-refractivity contribution in [1.82, 2.24) is 10.2 Å². The molecule has 1 aliphatic rings. The van der Waals surface area contributed by atoms with Gasteiger partial charge in [0.2, 0.25) is 0 Å². The molecule has 1 fully saturated rings. The Labute approximate surface area is 75.1 Å². The molecule has 0 bridgehead atoms. The van der Waals surface area contributed by atoms with Crippen molar-refractivity contribution < 1.29 is 4.74 Å². The molecule has 72 valence electrons. The van der Waals surface area contributed by atoms with E-state index < -0.39 is 0 Å². The lowest BCUT2D eigenvalue weighted by molar-refractivity contribution is 0.0652. The lowest BCUT2D eigenvalue weighted by atomic mass is 10.2. The van der Waals surface area contributed by atoms with E-state index in [4.69, 9.17) is 4.74 Å².